The molecule has 0 saturated carbocycles. The molecule has 0 bridgehead atoms. The number of primary amides is 1. The highest BCUT2D eigenvalue weighted by Gasteiger charge is 2.17. The van der Waals surface area contributed by atoms with Crippen LogP contribution in [0.3, 0.4) is 0 Å². The highest BCUT2D eigenvalue weighted by atomic mass is 32.2. The number of carbonyl (C=O) groups is 1. The molecule has 1 amide bonds. The second-order valence-corrected chi connectivity index (χ2v) is 5.49. The van der Waals surface area contributed by atoms with Gasteiger partial charge in [-0.15, -0.1) is 0 Å². The van der Waals surface area contributed by atoms with Crippen LogP contribution in [-0.2, 0) is 14.8 Å². The van der Waals surface area contributed by atoms with E-state index in [2.05, 4.69) is 4.72 Å². The molecule has 0 heterocycles. The van der Waals surface area contributed by atoms with Crippen LogP contribution in [0.25, 0.3) is 0 Å². The van der Waals surface area contributed by atoms with E-state index in [1.54, 1.807) is 0 Å². The van der Waals surface area contributed by atoms with Crippen molar-refractivity contribution in [1.82, 2.24) is 4.72 Å². The van der Waals surface area contributed by atoms with Crippen molar-refractivity contribution in [3.8, 4) is 0 Å². The Labute approximate surface area is 105 Å². The third kappa shape index (κ3) is 4.42. The maximum absolute atomic E-state index is 13.3. The van der Waals surface area contributed by atoms with Gasteiger partial charge in [0.2, 0.25) is 15.9 Å². The Kier molecular flexibility index (Phi) is 5.24. The van der Waals surface area contributed by atoms with E-state index < -0.39 is 21.7 Å². The second-order valence-electron chi connectivity index (χ2n) is 3.75. The summed E-state index contributed by atoms with van der Waals surface area (Å²) in [4.78, 5) is 10.1. The molecule has 0 fully saturated rings. The first-order valence-electron chi connectivity index (χ1n) is 5.46. The lowest BCUT2D eigenvalue weighted by atomic mass is 10.2. The highest BCUT2D eigenvalue weighted by Crippen LogP contribution is 2.12. The molecule has 1 aromatic carbocycles. The Hall–Kier alpha value is -1.47. The number of unbranched alkanes of at least 4 members (excludes halogenated alkanes) is 1. The molecule has 0 atom stereocenters. The number of carbonyl (C=O) groups excluding carboxylic acids is 1. The van der Waals surface area contributed by atoms with Gasteiger partial charge < -0.3 is 5.73 Å². The van der Waals surface area contributed by atoms with Crippen LogP contribution in [0.4, 0.5) is 4.39 Å². The normalized spacial score (nSPS) is 11.4. The lowest BCUT2D eigenvalue weighted by Gasteiger charge is -2.06. The predicted octanol–water partition coefficient (Wildman–Crippen LogP) is 0.760. The minimum atomic E-state index is -3.83. The molecule has 0 saturated heterocycles. The molecule has 100 valence electrons. The summed E-state index contributed by atoms with van der Waals surface area (Å²) in [7, 11) is -3.83. The zero-order valence-corrected chi connectivity index (χ0v) is 10.5. The van der Waals surface area contributed by atoms with Gasteiger partial charge in [0.1, 0.15) is 10.7 Å². The number of hydrogen-bond acceptors (Lipinski definition) is 3. The van der Waals surface area contributed by atoms with Gasteiger partial charge in [-0.1, -0.05) is 12.1 Å². The van der Waals surface area contributed by atoms with E-state index in [1.165, 1.54) is 18.2 Å². The summed E-state index contributed by atoms with van der Waals surface area (Å²) in [5.41, 5.74) is 4.94. The van der Waals surface area contributed by atoms with Crippen molar-refractivity contribution in [2.45, 2.75) is 24.2 Å². The monoisotopic (exact) mass is 274 g/mol. The Morgan fingerprint density at radius 2 is 1.94 bits per heavy atom. The molecule has 0 aromatic heterocycles. The second kappa shape index (κ2) is 6.46. The summed E-state index contributed by atoms with van der Waals surface area (Å²) in [5.74, 6) is -1.21. The first-order valence-corrected chi connectivity index (χ1v) is 6.94. The predicted molar refractivity (Wildman–Crippen MR) is 64.6 cm³/mol. The van der Waals surface area contributed by atoms with Crippen LogP contribution in [0.1, 0.15) is 19.3 Å². The number of halogens is 1. The number of benzene rings is 1. The Morgan fingerprint density at radius 1 is 1.28 bits per heavy atom. The number of rotatable bonds is 7. The summed E-state index contributed by atoms with van der Waals surface area (Å²) in [6.45, 7) is 0.143. The molecule has 1 rings (SSSR count). The smallest absolute Gasteiger partial charge is 0.243 e. The molecule has 0 aliphatic rings. The average Bonchev–Trinajstić information content (AvgIpc) is 2.28. The Morgan fingerprint density at radius 3 is 2.56 bits per heavy atom. The van der Waals surface area contributed by atoms with Gasteiger partial charge in [-0.25, -0.2) is 17.5 Å². The summed E-state index contributed by atoms with van der Waals surface area (Å²) < 4.78 is 39.0. The molecule has 0 aliphatic heterocycles. The molecule has 5 nitrogen and oxygen atoms in total. The molecule has 0 spiro atoms. The first kappa shape index (κ1) is 14.6. The number of nitrogens with two attached hydrogens (primary N) is 1. The molecule has 1 aromatic rings. The lowest BCUT2D eigenvalue weighted by Crippen LogP contribution is -2.25. The molecule has 3 N–H and O–H groups in total. The SMILES string of the molecule is NC(=O)CCCCNS(=O)(=O)c1ccccc1F. The summed E-state index contributed by atoms with van der Waals surface area (Å²) in [6.07, 6.45) is 1.17. The van der Waals surface area contributed by atoms with E-state index in [1.807, 2.05) is 0 Å². The van der Waals surface area contributed by atoms with Gasteiger partial charge in [-0.2, -0.15) is 0 Å². The molecule has 0 radical (unpaired) electrons. The van der Waals surface area contributed by atoms with Crippen LogP contribution < -0.4 is 10.5 Å². The van der Waals surface area contributed by atoms with Crippen molar-refractivity contribution >= 4 is 15.9 Å². The standard InChI is InChI=1S/C11H15FN2O3S/c12-9-5-1-2-6-10(9)18(16,17)14-8-4-3-7-11(13)15/h1-2,5-6,14H,3-4,7-8H2,(H2,13,15). The zero-order chi connectivity index (χ0) is 13.6. The number of amides is 1. The molecule has 0 unspecified atom stereocenters. The fourth-order valence-electron chi connectivity index (χ4n) is 1.37. The summed E-state index contributed by atoms with van der Waals surface area (Å²) >= 11 is 0. The summed E-state index contributed by atoms with van der Waals surface area (Å²) in [5, 5.41) is 0. The fourth-order valence-corrected chi connectivity index (χ4v) is 2.52. The average molecular weight is 274 g/mol. The first-order chi connectivity index (χ1) is 8.43. The minimum Gasteiger partial charge on any atom is -0.370 e. The van der Waals surface area contributed by atoms with Crippen molar-refractivity contribution in [3.63, 3.8) is 0 Å². The van der Waals surface area contributed by atoms with Gasteiger partial charge in [-0.05, 0) is 25.0 Å². The van der Waals surface area contributed by atoms with Crippen molar-refractivity contribution < 1.29 is 17.6 Å². The Balaban J connectivity index is 2.51. The van der Waals surface area contributed by atoms with E-state index in [-0.39, 0.29) is 17.9 Å². The van der Waals surface area contributed by atoms with E-state index in [0.717, 1.165) is 6.07 Å². The van der Waals surface area contributed by atoms with Crippen molar-refractivity contribution in [1.29, 1.82) is 0 Å². The summed E-state index contributed by atoms with van der Waals surface area (Å²) in [6, 6.07) is 5.15. The van der Waals surface area contributed by atoms with Crippen LogP contribution in [0.5, 0.6) is 0 Å². The third-order valence-corrected chi connectivity index (χ3v) is 3.76. The van der Waals surface area contributed by atoms with Gasteiger partial charge >= 0.3 is 0 Å². The molecule has 7 heteroatoms. The van der Waals surface area contributed by atoms with Crippen molar-refractivity contribution in [3.05, 3.63) is 30.1 Å². The zero-order valence-electron chi connectivity index (χ0n) is 9.73. The fraction of sp³-hybridized carbons (Fsp3) is 0.364. The number of nitrogens with one attached hydrogen (secondary N) is 1. The topological polar surface area (TPSA) is 89.3 Å². The van der Waals surface area contributed by atoms with Crippen LogP contribution >= 0.6 is 0 Å². The van der Waals surface area contributed by atoms with Crippen LogP contribution in [0.15, 0.2) is 29.2 Å². The number of sulfonamides is 1. The molecule has 0 aliphatic carbocycles. The highest BCUT2D eigenvalue weighted by molar-refractivity contribution is 7.89. The van der Waals surface area contributed by atoms with Crippen molar-refractivity contribution in [2.75, 3.05) is 6.54 Å². The lowest BCUT2D eigenvalue weighted by molar-refractivity contribution is -0.118. The maximum atomic E-state index is 13.3. The van der Waals surface area contributed by atoms with Crippen LogP contribution in [0.2, 0.25) is 0 Å². The van der Waals surface area contributed by atoms with Gasteiger partial charge in [0.15, 0.2) is 0 Å². The quantitative estimate of drug-likeness (QED) is 0.719. The molecular formula is C11H15FN2O3S. The largest absolute Gasteiger partial charge is 0.370 e. The van der Waals surface area contributed by atoms with Gasteiger partial charge in [-0.3, -0.25) is 4.79 Å². The van der Waals surface area contributed by atoms with Crippen molar-refractivity contribution in [2.24, 2.45) is 5.73 Å². The Bertz CT molecular complexity index is 517. The minimum absolute atomic E-state index is 0.143. The van der Waals surface area contributed by atoms with Crippen LogP contribution in [-0.4, -0.2) is 20.9 Å². The van der Waals surface area contributed by atoms with E-state index in [4.69, 9.17) is 5.73 Å². The third-order valence-electron chi connectivity index (χ3n) is 2.27. The van der Waals surface area contributed by atoms with E-state index in [9.17, 15) is 17.6 Å². The van der Waals surface area contributed by atoms with E-state index >= 15 is 0 Å². The molecule has 18 heavy (non-hydrogen) atoms. The van der Waals surface area contributed by atoms with Gasteiger partial charge in [0, 0.05) is 13.0 Å². The van der Waals surface area contributed by atoms with Gasteiger partial charge in [0.05, 0.1) is 0 Å². The maximum Gasteiger partial charge on any atom is 0.243 e. The van der Waals surface area contributed by atoms with Crippen LogP contribution in [0, 0.1) is 5.82 Å². The molecular weight excluding hydrogens is 259 g/mol. The number of hydrogen-bond donors (Lipinski definition) is 2. The van der Waals surface area contributed by atoms with E-state index in [0.29, 0.717) is 12.8 Å². The van der Waals surface area contributed by atoms with Gasteiger partial charge in [0.25, 0.3) is 0 Å².